The number of hydrogen-bond acceptors (Lipinski definition) is 4. The number of aromatic nitrogens is 1. The molecule has 3 rings (SSSR count). The zero-order valence-corrected chi connectivity index (χ0v) is 14.1. The summed E-state index contributed by atoms with van der Waals surface area (Å²) in [7, 11) is 0. The summed E-state index contributed by atoms with van der Waals surface area (Å²) >= 11 is 0. The maximum absolute atomic E-state index is 6.07. The molecule has 122 valence electrons. The number of rotatable bonds is 4. The average molecular weight is 312 g/mol. The summed E-state index contributed by atoms with van der Waals surface area (Å²) in [6.07, 6.45) is 0. The van der Waals surface area contributed by atoms with E-state index in [1.54, 1.807) is 0 Å². The van der Waals surface area contributed by atoms with Gasteiger partial charge in [-0.1, -0.05) is 30.3 Å². The highest BCUT2D eigenvalue weighted by molar-refractivity contribution is 5.56. The van der Waals surface area contributed by atoms with Crippen LogP contribution in [0.15, 0.2) is 30.3 Å². The first-order valence-corrected chi connectivity index (χ1v) is 8.14. The van der Waals surface area contributed by atoms with Gasteiger partial charge in [0.05, 0.1) is 18.9 Å². The van der Waals surface area contributed by atoms with E-state index in [9.17, 15) is 0 Å². The van der Waals surface area contributed by atoms with E-state index in [2.05, 4.69) is 30.9 Å². The molecule has 0 bridgehead atoms. The number of hydrogen-bond donors (Lipinski definition) is 0. The van der Waals surface area contributed by atoms with E-state index in [1.165, 1.54) is 16.7 Å². The van der Waals surface area contributed by atoms with Gasteiger partial charge in [0.25, 0.3) is 0 Å². The van der Waals surface area contributed by atoms with Crippen LogP contribution in [0.2, 0.25) is 0 Å². The lowest BCUT2D eigenvalue weighted by Crippen LogP contribution is -2.37. The molecule has 1 aliphatic rings. The molecule has 2 aromatic rings. The van der Waals surface area contributed by atoms with Crippen LogP contribution in [0.1, 0.15) is 22.4 Å². The van der Waals surface area contributed by atoms with E-state index in [0.717, 1.165) is 43.6 Å². The molecule has 1 saturated heterocycles. The molecule has 1 aromatic carbocycles. The number of morpholine rings is 1. The second-order valence-electron chi connectivity index (χ2n) is 5.97. The summed E-state index contributed by atoms with van der Waals surface area (Å²) < 4.78 is 11.5. The summed E-state index contributed by atoms with van der Waals surface area (Å²) in [5, 5.41) is 0. The Morgan fingerprint density at radius 2 is 1.74 bits per heavy atom. The minimum absolute atomic E-state index is 0.570. The van der Waals surface area contributed by atoms with Crippen LogP contribution in [0.4, 0.5) is 5.82 Å². The molecule has 1 aliphatic heterocycles. The number of pyridine rings is 1. The third kappa shape index (κ3) is 3.48. The van der Waals surface area contributed by atoms with Crippen LogP contribution < -0.4 is 9.64 Å². The summed E-state index contributed by atoms with van der Waals surface area (Å²) in [5.74, 6) is 1.97. The second kappa shape index (κ2) is 7.01. The molecule has 1 aromatic heterocycles. The van der Waals surface area contributed by atoms with Crippen LogP contribution in [-0.4, -0.2) is 31.3 Å². The molecule has 0 atom stereocenters. The van der Waals surface area contributed by atoms with Crippen LogP contribution in [0, 0.1) is 20.8 Å². The predicted octanol–water partition coefficient (Wildman–Crippen LogP) is 3.42. The lowest BCUT2D eigenvalue weighted by Gasteiger charge is -2.30. The quantitative estimate of drug-likeness (QED) is 0.866. The van der Waals surface area contributed by atoms with Gasteiger partial charge >= 0.3 is 0 Å². The molecular formula is C19H24N2O2. The van der Waals surface area contributed by atoms with E-state index < -0.39 is 0 Å². The van der Waals surface area contributed by atoms with Crippen molar-refractivity contribution >= 4 is 5.82 Å². The second-order valence-corrected chi connectivity index (χ2v) is 5.97. The van der Waals surface area contributed by atoms with Gasteiger partial charge in [-0.3, -0.25) is 0 Å². The topological polar surface area (TPSA) is 34.6 Å². The predicted molar refractivity (Wildman–Crippen MR) is 92.3 cm³/mol. The third-order valence-electron chi connectivity index (χ3n) is 4.38. The SMILES string of the molecule is Cc1nc(N2CCOCC2)c(C)c(C)c1OCc1ccccc1. The molecule has 0 radical (unpaired) electrons. The summed E-state index contributed by atoms with van der Waals surface area (Å²) in [4.78, 5) is 7.12. The minimum Gasteiger partial charge on any atom is -0.487 e. The maximum Gasteiger partial charge on any atom is 0.144 e. The summed E-state index contributed by atoms with van der Waals surface area (Å²) in [5.41, 5.74) is 4.49. The molecule has 1 fully saturated rings. The smallest absolute Gasteiger partial charge is 0.144 e. The van der Waals surface area contributed by atoms with E-state index in [4.69, 9.17) is 14.5 Å². The highest BCUT2D eigenvalue weighted by atomic mass is 16.5. The molecule has 23 heavy (non-hydrogen) atoms. The fourth-order valence-corrected chi connectivity index (χ4v) is 2.93. The molecular weight excluding hydrogens is 288 g/mol. The van der Waals surface area contributed by atoms with E-state index in [1.807, 2.05) is 25.1 Å². The van der Waals surface area contributed by atoms with Crippen molar-refractivity contribution < 1.29 is 9.47 Å². The maximum atomic E-state index is 6.07. The zero-order valence-electron chi connectivity index (χ0n) is 14.1. The third-order valence-corrected chi connectivity index (χ3v) is 4.38. The van der Waals surface area contributed by atoms with Crippen molar-refractivity contribution in [2.45, 2.75) is 27.4 Å². The molecule has 0 saturated carbocycles. The fraction of sp³-hybridized carbons (Fsp3) is 0.421. The number of ether oxygens (including phenoxy) is 2. The van der Waals surface area contributed by atoms with Crippen LogP contribution >= 0.6 is 0 Å². The molecule has 4 heteroatoms. The Bertz CT molecular complexity index is 665. The first-order valence-electron chi connectivity index (χ1n) is 8.14. The Balaban J connectivity index is 1.82. The Morgan fingerprint density at radius 1 is 1.04 bits per heavy atom. The van der Waals surface area contributed by atoms with Gasteiger partial charge in [-0.05, 0) is 37.5 Å². The van der Waals surface area contributed by atoms with Crippen molar-refractivity contribution in [3.8, 4) is 5.75 Å². The number of nitrogens with zero attached hydrogens (tertiary/aromatic N) is 2. The Morgan fingerprint density at radius 3 is 2.43 bits per heavy atom. The fourth-order valence-electron chi connectivity index (χ4n) is 2.93. The van der Waals surface area contributed by atoms with E-state index in [-0.39, 0.29) is 0 Å². The zero-order chi connectivity index (χ0) is 16.2. The monoisotopic (exact) mass is 312 g/mol. The summed E-state index contributed by atoms with van der Waals surface area (Å²) in [6.45, 7) is 10.2. The highest BCUT2D eigenvalue weighted by Crippen LogP contribution is 2.31. The van der Waals surface area contributed by atoms with Gasteiger partial charge in [0.2, 0.25) is 0 Å². The summed E-state index contributed by atoms with van der Waals surface area (Å²) in [6, 6.07) is 10.2. The van der Waals surface area contributed by atoms with Gasteiger partial charge in [0.15, 0.2) is 0 Å². The molecule has 0 amide bonds. The lowest BCUT2D eigenvalue weighted by atomic mass is 10.1. The van der Waals surface area contributed by atoms with Crippen molar-refractivity contribution in [1.29, 1.82) is 0 Å². The first-order chi connectivity index (χ1) is 11.2. The van der Waals surface area contributed by atoms with Gasteiger partial charge in [-0.25, -0.2) is 4.98 Å². The molecule has 0 aliphatic carbocycles. The minimum atomic E-state index is 0.570. The van der Waals surface area contributed by atoms with Gasteiger partial charge in [-0.15, -0.1) is 0 Å². The van der Waals surface area contributed by atoms with Crippen molar-refractivity contribution in [2.24, 2.45) is 0 Å². The van der Waals surface area contributed by atoms with E-state index >= 15 is 0 Å². The van der Waals surface area contributed by atoms with Crippen LogP contribution in [0.5, 0.6) is 5.75 Å². The molecule has 4 nitrogen and oxygen atoms in total. The van der Waals surface area contributed by atoms with Gasteiger partial charge in [0, 0.05) is 13.1 Å². The highest BCUT2D eigenvalue weighted by Gasteiger charge is 2.19. The van der Waals surface area contributed by atoms with E-state index in [0.29, 0.717) is 6.61 Å². The normalized spacial score (nSPS) is 14.8. The molecule has 0 unspecified atom stereocenters. The largest absolute Gasteiger partial charge is 0.487 e. The first kappa shape index (κ1) is 15.8. The lowest BCUT2D eigenvalue weighted by molar-refractivity contribution is 0.122. The molecule has 0 N–H and O–H groups in total. The van der Waals surface area contributed by atoms with Crippen molar-refractivity contribution in [2.75, 3.05) is 31.2 Å². The van der Waals surface area contributed by atoms with Gasteiger partial charge in [0.1, 0.15) is 18.2 Å². The van der Waals surface area contributed by atoms with Crippen molar-refractivity contribution in [1.82, 2.24) is 4.98 Å². The van der Waals surface area contributed by atoms with Crippen molar-refractivity contribution in [3.05, 3.63) is 52.7 Å². The van der Waals surface area contributed by atoms with Crippen LogP contribution in [-0.2, 0) is 11.3 Å². The standard InChI is InChI=1S/C19H24N2O2/c1-14-15(2)19(21-9-11-22-12-10-21)20-16(3)18(14)23-13-17-7-5-4-6-8-17/h4-8H,9-13H2,1-3H3. The molecule has 0 spiro atoms. The average Bonchev–Trinajstić information content (AvgIpc) is 2.60. The van der Waals surface area contributed by atoms with Crippen LogP contribution in [0.25, 0.3) is 0 Å². The number of aryl methyl sites for hydroxylation is 1. The Hall–Kier alpha value is -2.07. The van der Waals surface area contributed by atoms with Gasteiger partial charge < -0.3 is 14.4 Å². The van der Waals surface area contributed by atoms with Gasteiger partial charge in [-0.2, -0.15) is 0 Å². The van der Waals surface area contributed by atoms with Crippen molar-refractivity contribution in [3.63, 3.8) is 0 Å². The Labute approximate surface area is 138 Å². The van der Waals surface area contributed by atoms with Crippen LogP contribution in [0.3, 0.4) is 0 Å². The Kier molecular flexibility index (Phi) is 4.82. The number of benzene rings is 1. The number of anilines is 1. The molecule has 2 heterocycles.